The van der Waals surface area contributed by atoms with Crippen LogP contribution in [0.1, 0.15) is 0 Å². The molecule has 4 aromatic rings. The summed E-state index contributed by atoms with van der Waals surface area (Å²) in [7, 11) is -8.28. The van der Waals surface area contributed by atoms with Crippen LogP contribution in [0.3, 0.4) is 0 Å². The lowest BCUT2D eigenvalue weighted by atomic mass is 10.0. The van der Waals surface area contributed by atoms with Gasteiger partial charge in [-0.3, -0.25) is 9.44 Å². The van der Waals surface area contributed by atoms with E-state index in [1.165, 1.54) is 24.3 Å². The van der Waals surface area contributed by atoms with Crippen molar-refractivity contribution in [2.75, 3.05) is 9.44 Å². The van der Waals surface area contributed by atoms with Crippen LogP contribution in [-0.2, 0) is 20.0 Å². The van der Waals surface area contributed by atoms with Gasteiger partial charge in [0, 0.05) is 10.8 Å². The third-order valence-corrected chi connectivity index (χ3v) is 7.77. The van der Waals surface area contributed by atoms with E-state index in [0.717, 1.165) is 0 Å². The maximum atomic E-state index is 13.1. The fourth-order valence-electron chi connectivity index (χ4n) is 3.50. The number of fused-ring (bicyclic) bond motifs is 1. The van der Waals surface area contributed by atoms with Crippen molar-refractivity contribution >= 4 is 53.6 Å². The van der Waals surface area contributed by atoms with Crippen LogP contribution in [-0.4, -0.2) is 16.8 Å². The van der Waals surface area contributed by atoms with E-state index in [4.69, 9.17) is 11.1 Å². The van der Waals surface area contributed by atoms with E-state index in [1.54, 1.807) is 60.7 Å². The number of benzene rings is 4. The molecule has 12 nitrogen and oxygen atoms in total. The molecule has 180 valence electrons. The molecule has 0 spiro atoms. The molecule has 0 fully saturated rings. The largest absolute Gasteiger partial charge is 0.276 e. The van der Waals surface area contributed by atoms with Crippen LogP contribution >= 0.6 is 0 Å². The second-order valence-electron chi connectivity index (χ2n) is 7.23. The molecule has 4 aromatic carbocycles. The molecule has 0 aromatic heterocycles. The number of anilines is 2. The summed E-state index contributed by atoms with van der Waals surface area (Å²) in [5, 5.41) is 7.91. The summed E-state index contributed by atoms with van der Waals surface area (Å²) in [4.78, 5) is 5.95. The van der Waals surface area contributed by atoms with Crippen molar-refractivity contribution in [2.24, 2.45) is 10.2 Å². The zero-order valence-corrected chi connectivity index (χ0v) is 20.0. The Kier molecular flexibility index (Phi) is 6.68. The van der Waals surface area contributed by atoms with Crippen LogP contribution in [0.25, 0.3) is 10.8 Å². The third-order valence-electron chi connectivity index (χ3n) is 5.04. The van der Waals surface area contributed by atoms with Gasteiger partial charge in [-0.05, 0) is 24.3 Å². The van der Waals surface area contributed by atoms with Crippen LogP contribution in [0.4, 0.5) is 22.7 Å². The quantitative estimate of drug-likeness (QED) is 0.191. The van der Waals surface area contributed by atoms with Gasteiger partial charge in [0.15, 0.2) is 10.2 Å². The molecule has 36 heavy (non-hydrogen) atoms. The summed E-state index contributed by atoms with van der Waals surface area (Å²) in [6, 6.07) is 21.4. The summed E-state index contributed by atoms with van der Waals surface area (Å²) >= 11 is 0. The van der Waals surface area contributed by atoms with E-state index < -0.39 is 20.0 Å². The Bertz CT molecular complexity index is 1630. The molecule has 0 atom stereocenters. The Morgan fingerprint density at radius 1 is 0.556 bits per heavy atom. The zero-order valence-electron chi connectivity index (χ0n) is 18.3. The maximum Gasteiger partial charge on any atom is 0.261 e. The number of sulfonamides is 2. The number of hydrogen-bond acceptors (Lipinski definition) is 8. The van der Waals surface area contributed by atoms with E-state index in [0.29, 0.717) is 0 Å². The van der Waals surface area contributed by atoms with Gasteiger partial charge in [-0.15, -0.1) is 0 Å². The molecule has 0 radical (unpaired) electrons. The van der Waals surface area contributed by atoms with Crippen LogP contribution in [0.5, 0.6) is 0 Å². The van der Waals surface area contributed by atoms with E-state index in [9.17, 15) is 16.8 Å². The third kappa shape index (κ3) is 4.73. The Morgan fingerprint density at radius 3 is 1.22 bits per heavy atom. The van der Waals surface area contributed by atoms with Gasteiger partial charge < -0.3 is 0 Å². The molecule has 0 saturated carbocycles. The number of rotatable bonds is 8. The molecule has 0 saturated heterocycles. The molecule has 0 bridgehead atoms. The van der Waals surface area contributed by atoms with Gasteiger partial charge in [0.05, 0.1) is 21.2 Å². The summed E-state index contributed by atoms with van der Waals surface area (Å²) in [5.41, 5.74) is 13.7. The molecule has 4 N–H and O–H groups in total. The molecule has 14 heteroatoms. The monoisotopic (exact) mass is 522 g/mol. The molecule has 0 amide bonds. The van der Waals surface area contributed by atoms with Crippen molar-refractivity contribution in [3.8, 4) is 0 Å². The lowest BCUT2D eigenvalue weighted by molar-refractivity contribution is 0.599. The molecule has 0 aliphatic carbocycles. The highest BCUT2D eigenvalue weighted by atomic mass is 32.2. The standard InChI is InChI=1S/C22H16N8O4S2/c23-29-25-21-19(27-35(31,32)15-9-3-1-4-10-15)17-13-7-8-14-18(17)20(22(21)26-30-24)28-36(33,34)16-11-5-2-6-12-16/h1-14,23-24H/p+2. The second kappa shape index (κ2) is 9.86. The number of nitrogens with zero attached hydrogens (tertiary/aromatic N) is 4. The van der Waals surface area contributed by atoms with Gasteiger partial charge in [0.1, 0.15) is 11.1 Å². The van der Waals surface area contributed by atoms with E-state index in [2.05, 4.69) is 29.5 Å². The summed E-state index contributed by atoms with van der Waals surface area (Å²) in [5.74, 6) is 0. The molecular formula is C22H18N8O4S2+2. The SMILES string of the molecule is N=[N+]=Nc1c(N=[N+]=N)c(NS(=O)(=O)c2ccccc2)c2ccccc2c1NS(=O)(=O)c1ccccc1. The Labute approximate surface area is 205 Å². The lowest BCUT2D eigenvalue weighted by Gasteiger charge is -2.16. The predicted molar refractivity (Wildman–Crippen MR) is 132 cm³/mol. The van der Waals surface area contributed by atoms with E-state index in [1.807, 2.05) is 0 Å². The molecule has 0 aliphatic heterocycles. The highest BCUT2D eigenvalue weighted by molar-refractivity contribution is 7.93. The molecular weight excluding hydrogens is 504 g/mol. The first-order valence-corrected chi connectivity index (χ1v) is 13.1. The topological polar surface area (TPSA) is 193 Å². The smallest absolute Gasteiger partial charge is 0.261 e. The first kappa shape index (κ1) is 24.4. The minimum Gasteiger partial charge on any atom is -0.276 e. The van der Waals surface area contributed by atoms with Crippen molar-refractivity contribution in [3.05, 3.63) is 84.9 Å². The highest BCUT2D eigenvalue weighted by Gasteiger charge is 2.30. The lowest BCUT2D eigenvalue weighted by Crippen LogP contribution is -2.15. The minimum absolute atomic E-state index is 0.0413. The molecule has 0 aliphatic rings. The van der Waals surface area contributed by atoms with Crippen molar-refractivity contribution in [1.29, 1.82) is 11.1 Å². The Balaban J connectivity index is 2.03. The average Bonchev–Trinajstić information content (AvgIpc) is 2.89. The van der Waals surface area contributed by atoms with Gasteiger partial charge in [0.2, 0.25) is 21.2 Å². The summed E-state index contributed by atoms with van der Waals surface area (Å²) in [6.07, 6.45) is 0. The van der Waals surface area contributed by atoms with E-state index >= 15 is 0 Å². The van der Waals surface area contributed by atoms with Crippen molar-refractivity contribution in [1.82, 2.24) is 9.82 Å². The van der Waals surface area contributed by atoms with Gasteiger partial charge >= 0.3 is 0 Å². The number of hydrogen-bond donors (Lipinski definition) is 4. The number of nitrogens with one attached hydrogen (secondary N) is 4. The summed E-state index contributed by atoms with van der Waals surface area (Å²) < 4.78 is 57.4. The molecule has 0 heterocycles. The first-order valence-electron chi connectivity index (χ1n) is 10.2. The van der Waals surface area contributed by atoms with Crippen molar-refractivity contribution in [2.45, 2.75) is 9.79 Å². The normalized spacial score (nSPS) is 11.2. The van der Waals surface area contributed by atoms with Gasteiger partial charge in [-0.25, -0.2) is 16.8 Å². The van der Waals surface area contributed by atoms with Crippen molar-refractivity contribution < 1.29 is 16.8 Å². The van der Waals surface area contributed by atoms with Crippen LogP contribution < -0.4 is 19.3 Å². The predicted octanol–water partition coefficient (Wildman–Crippen LogP) is 4.81. The van der Waals surface area contributed by atoms with Crippen molar-refractivity contribution in [3.63, 3.8) is 0 Å². The minimum atomic E-state index is -4.14. The van der Waals surface area contributed by atoms with E-state index in [-0.39, 0.29) is 43.3 Å². The van der Waals surface area contributed by atoms with Gasteiger partial charge in [-0.2, -0.15) is 0 Å². The fourth-order valence-corrected chi connectivity index (χ4v) is 5.72. The Hall–Kier alpha value is -4.74. The first-order chi connectivity index (χ1) is 17.3. The zero-order chi connectivity index (χ0) is 25.8. The molecule has 4 rings (SSSR count). The second-order valence-corrected chi connectivity index (χ2v) is 10.6. The maximum absolute atomic E-state index is 13.1. The summed E-state index contributed by atoms with van der Waals surface area (Å²) in [6.45, 7) is 0. The average molecular weight is 523 g/mol. The van der Waals surface area contributed by atoms with Crippen LogP contribution in [0.15, 0.2) is 105 Å². The highest BCUT2D eigenvalue weighted by Crippen LogP contribution is 2.49. The van der Waals surface area contributed by atoms with Crippen LogP contribution in [0, 0.1) is 11.1 Å². The van der Waals surface area contributed by atoms with Gasteiger partial charge in [-0.1, -0.05) is 60.7 Å². The fraction of sp³-hybridized carbons (Fsp3) is 0. The van der Waals surface area contributed by atoms with Gasteiger partial charge in [0.25, 0.3) is 20.0 Å². The van der Waals surface area contributed by atoms with Crippen LogP contribution in [0.2, 0.25) is 0 Å². The molecule has 0 unspecified atom stereocenters. The Morgan fingerprint density at radius 2 is 0.889 bits per heavy atom.